The van der Waals surface area contributed by atoms with Crippen molar-refractivity contribution in [2.24, 2.45) is 0 Å². The van der Waals surface area contributed by atoms with Crippen LogP contribution in [0.5, 0.6) is 0 Å². The van der Waals surface area contributed by atoms with Gasteiger partial charge >= 0.3 is 5.97 Å². The van der Waals surface area contributed by atoms with E-state index in [1.54, 1.807) is 38.1 Å². The lowest BCUT2D eigenvalue weighted by Crippen LogP contribution is -2.13. The molecular weight excluding hydrogens is 302 g/mol. The third-order valence-electron chi connectivity index (χ3n) is 3.13. The van der Waals surface area contributed by atoms with Gasteiger partial charge < -0.3 is 10.5 Å². The van der Waals surface area contributed by atoms with Crippen molar-refractivity contribution in [1.82, 2.24) is 4.98 Å². The van der Waals surface area contributed by atoms with Gasteiger partial charge in [0.05, 0.1) is 17.9 Å². The van der Waals surface area contributed by atoms with E-state index in [1.165, 1.54) is 0 Å². The van der Waals surface area contributed by atoms with Crippen LogP contribution < -0.4 is 5.73 Å². The van der Waals surface area contributed by atoms with Crippen molar-refractivity contribution in [3.05, 3.63) is 46.1 Å². The predicted molar refractivity (Wildman–Crippen MR) is 84.5 cm³/mol. The highest BCUT2D eigenvalue weighted by Crippen LogP contribution is 2.33. The van der Waals surface area contributed by atoms with E-state index in [0.717, 1.165) is 0 Å². The minimum atomic E-state index is -0.533. The van der Waals surface area contributed by atoms with Crippen molar-refractivity contribution in [1.29, 1.82) is 5.26 Å². The van der Waals surface area contributed by atoms with Gasteiger partial charge in [0.2, 0.25) is 0 Å². The van der Waals surface area contributed by atoms with Gasteiger partial charge in [0, 0.05) is 10.6 Å². The standard InChI is InChI=1S/C16H14ClN3O2/c1-3-22-16(21)13-9(2)20-15(19)12(8-18)14(13)10-4-6-11(17)7-5-10/h4-7H,3H2,1-2H3,(H2,19,20). The number of hydrogen-bond donors (Lipinski definition) is 1. The molecule has 0 fully saturated rings. The first-order valence-corrected chi connectivity index (χ1v) is 7.00. The summed E-state index contributed by atoms with van der Waals surface area (Å²) in [6.45, 7) is 3.60. The Morgan fingerprint density at radius 3 is 2.59 bits per heavy atom. The quantitative estimate of drug-likeness (QED) is 0.877. The summed E-state index contributed by atoms with van der Waals surface area (Å²) >= 11 is 5.89. The van der Waals surface area contributed by atoms with E-state index in [0.29, 0.717) is 21.8 Å². The van der Waals surface area contributed by atoms with Crippen LogP contribution in [0.25, 0.3) is 11.1 Å². The van der Waals surface area contributed by atoms with Crippen LogP contribution in [-0.4, -0.2) is 17.6 Å². The minimum absolute atomic E-state index is 0.0815. The summed E-state index contributed by atoms with van der Waals surface area (Å²) in [5.74, 6) is -0.452. The largest absolute Gasteiger partial charge is 0.462 e. The molecule has 0 bridgehead atoms. The third kappa shape index (κ3) is 2.87. The Balaban J connectivity index is 2.80. The van der Waals surface area contributed by atoms with Crippen LogP contribution in [0.4, 0.5) is 5.82 Å². The van der Waals surface area contributed by atoms with Gasteiger partial charge in [-0.1, -0.05) is 23.7 Å². The topological polar surface area (TPSA) is 89.0 Å². The molecule has 2 aromatic rings. The monoisotopic (exact) mass is 315 g/mol. The first kappa shape index (κ1) is 15.8. The molecule has 0 spiro atoms. The first-order valence-electron chi connectivity index (χ1n) is 6.62. The second-order valence-electron chi connectivity index (χ2n) is 4.55. The van der Waals surface area contributed by atoms with E-state index in [9.17, 15) is 10.1 Å². The van der Waals surface area contributed by atoms with E-state index in [-0.39, 0.29) is 23.6 Å². The third-order valence-corrected chi connectivity index (χ3v) is 3.38. The summed E-state index contributed by atoms with van der Waals surface area (Å²) in [4.78, 5) is 16.3. The molecule has 2 rings (SSSR count). The van der Waals surface area contributed by atoms with Crippen molar-refractivity contribution >= 4 is 23.4 Å². The van der Waals surface area contributed by atoms with Crippen LogP contribution in [0.3, 0.4) is 0 Å². The van der Waals surface area contributed by atoms with Crippen LogP contribution in [0.2, 0.25) is 5.02 Å². The number of halogens is 1. The van der Waals surface area contributed by atoms with Crippen molar-refractivity contribution in [2.45, 2.75) is 13.8 Å². The molecule has 0 aliphatic rings. The van der Waals surface area contributed by atoms with Gasteiger partial charge in [0.15, 0.2) is 0 Å². The Bertz CT molecular complexity index is 764. The van der Waals surface area contributed by atoms with Crippen LogP contribution in [0.15, 0.2) is 24.3 Å². The molecule has 0 saturated heterocycles. The van der Waals surface area contributed by atoms with E-state index in [4.69, 9.17) is 22.1 Å². The number of nitrogen functional groups attached to an aromatic ring is 1. The van der Waals surface area contributed by atoms with E-state index in [1.807, 2.05) is 6.07 Å². The number of aromatic nitrogens is 1. The van der Waals surface area contributed by atoms with Crippen LogP contribution in [-0.2, 0) is 4.74 Å². The molecule has 0 aliphatic heterocycles. The summed E-state index contributed by atoms with van der Waals surface area (Å²) in [5, 5.41) is 9.95. The zero-order valence-electron chi connectivity index (χ0n) is 12.2. The average molecular weight is 316 g/mol. The molecule has 1 aromatic heterocycles. The number of carbonyl (C=O) groups is 1. The van der Waals surface area contributed by atoms with Gasteiger partial charge in [-0.2, -0.15) is 5.26 Å². The molecule has 0 unspecified atom stereocenters. The fourth-order valence-corrected chi connectivity index (χ4v) is 2.32. The maximum atomic E-state index is 12.3. The summed E-state index contributed by atoms with van der Waals surface area (Å²) in [6.07, 6.45) is 0. The fourth-order valence-electron chi connectivity index (χ4n) is 2.20. The Labute approximate surface area is 133 Å². The maximum Gasteiger partial charge on any atom is 0.340 e. The SMILES string of the molecule is CCOC(=O)c1c(C)nc(N)c(C#N)c1-c1ccc(Cl)cc1. The zero-order valence-corrected chi connectivity index (χ0v) is 12.9. The highest BCUT2D eigenvalue weighted by Gasteiger charge is 2.23. The van der Waals surface area contributed by atoms with Gasteiger partial charge in [-0.3, -0.25) is 0 Å². The Morgan fingerprint density at radius 1 is 1.41 bits per heavy atom. The van der Waals surface area contributed by atoms with E-state index in [2.05, 4.69) is 4.98 Å². The minimum Gasteiger partial charge on any atom is -0.462 e. The first-order chi connectivity index (χ1) is 10.5. The second kappa shape index (κ2) is 6.46. The lowest BCUT2D eigenvalue weighted by Gasteiger charge is -2.14. The number of rotatable bonds is 3. The summed E-state index contributed by atoms with van der Waals surface area (Å²) in [7, 11) is 0. The summed E-state index contributed by atoms with van der Waals surface area (Å²) < 4.78 is 5.08. The van der Waals surface area contributed by atoms with Gasteiger partial charge in [-0.15, -0.1) is 0 Å². The second-order valence-corrected chi connectivity index (χ2v) is 4.98. The molecule has 6 heteroatoms. The molecule has 2 N–H and O–H groups in total. The summed E-state index contributed by atoms with van der Waals surface area (Å²) in [6, 6.07) is 8.82. The number of aryl methyl sites for hydroxylation is 1. The Hall–Kier alpha value is -2.58. The molecule has 0 saturated carbocycles. The molecule has 0 radical (unpaired) electrons. The van der Waals surface area contributed by atoms with Gasteiger partial charge in [0.25, 0.3) is 0 Å². The van der Waals surface area contributed by atoms with Crippen molar-refractivity contribution < 1.29 is 9.53 Å². The predicted octanol–water partition coefficient (Wildman–Crippen LogP) is 3.34. The number of nitrogens with zero attached hydrogens (tertiary/aromatic N) is 2. The molecule has 0 aliphatic carbocycles. The molecule has 0 amide bonds. The average Bonchev–Trinajstić information content (AvgIpc) is 2.47. The zero-order chi connectivity index (χ0) is 16.3. The Morgan fingerprint density at radius 2 is 2.05 bits per heavy atom. The van der Waals surface area contributed by atoms with Crippen molar-refractivity contribution in [3.63, 3.8) is 0 Å². The van der Waals surface area contributed by atoms with Crippen molar-refractivity contribution in [2.75, 3.05) is 12.3 Å². The lowest BCUT2D eigenvalue weighted by atomic mass is 9.94. The molecule has 5 nitrogen and oxygen atoms in total. The number of nitrogens with two attached hydrogens (primary N) is 1. The highest BCUT2D eigenvalue weighted by atomic mass is 35.5. The van der Waals surface area contributed by atoms with E-state index >= 15 is 0 Å². The highest BCUT2D eigenvalue weighted by molar-refractivity contribution is 6.30. The fraction of sp³-hybridized carbons (Fsp3) is 0.188. The normalized spacial score (nSPS) is 10.1. The molecule has 1 aromatic carbocycles. The van der Waals surface area contributed by atoms with E-state index < -0.39 is 5.97 Å². The number of hydrogen-bond acceptors (Lipinski definition) is 5. The summed E-state index contributed by atoms with van der Waals surface area (Å²) in [5.41, 5.74) is 7.72. The number of nitriles is 1. The number of anilines is 1. The van der Waals surface area contributed by atoms with Gasteiger partial charge in [-0.25, -0.2) is 9.78 Å². The number of pyridine rings is 1. The van der Waals surface area contributed by atoms with Gasteiger partial charge in [0.1, 0.15) is 17.5 Å². The number of carbonyl (C=O) groups excluding carboxylic acids is 1. The number of esters is 1. The molecule has 22 heavy (non-hydrogen) atoms. The van der Waals surface area contributed by atoms with Crippen molar-refractivity contribution in [3.8, 4) is 17.2 Å². The van der Waals surface area contributed by atoms with Crippen LogP contribution >= 0.6 is 11.6 Å². The molecule has 112 valence electrons. The van der Waals surface area contributed by atoms with Crippen LogP contribution in [0, 0.1) is 18.3 Å². The lowest BCUT2D eigenvalue weighted by molar-refractivity contribution is 0.0526. The molecule has 1 heterocycles. The molecular formula is C16H14ClN3O2. The Kier molecular flexibility index (Phi) is 4.64. The maximum absolute atomic E-state index is 12.3. The number of ether oxygens (including phenoxy) is 1. The smallest absolute Gasteiger partial charge is 0.340 e. The number of benzene rings is 1. The van der Waals surface area contributed by atoms with Gasteiger partial charge in [-0.05, 0) is 31.5 Å². The van der Waals surface area contributed by atoms with Crippen LogP contribution in [0.1, 0.15) is 28.5 Å². The molecule has 0 atom stereocenters.